The molecule has 1 rings (SSSR count). The molecular weight excluding hydrogens is 263 g/mol. The first kappa shape index (κ1) is 12.2. The van der Waals surface area contributed by atoms with Gasteiger partial charge in [-0.1, -0.05) is 34.1 Å². The second-order valence-electron chi connectivity index (χ2n) is 3.02. The molecule has 82 valence electrons. The van der Waals surface area contributed by atoms with Crippen molar-refractivity contribution in [3.63, 3.8) is 0 Å². The van der Waals surface area contributed by atoms with E-state index in [0.717, 1.165) is 0 Å². The number of carbonyl (C=O) groups excluding carboxylic acids is 1. The summed E-state index contributed by atoms with van der Waals surface area (Å²) in [7, 11) is 0. The van der Waals surface area contributed by atoms with E-state index in [1.807, 2.05) is 0 Å². The van der Waals surface area contributed by atoms with Crippen LogP contribution in [0, 0.1) is 5.82 Å². The van der Waals surface area contributed by atoms with Gasteiger partial charge in [-0.25, -0.2) is 4.39 Å². The third kappa shape index (κ3) is 3.63. The minimum absolute atomic E-state index is 0.297. The van der Waals surface area contributed by atoms with Crippen LogP contribution in [0.2, 0.25) is 0 Å². The zero-order valence-corrected chi connectivity index (χ0v) is 9.96. The van der Waals surface area contributed by atoms with E-state index < -0.39 is 4.83 Å². The number of halogens is 2. The van der Waals surface area contributed by atoms with Crippen molar-refractivity contribution >= 4 is 21.9 Å². The Morgan fingerprint density at radius 3 is 2.80 bits per heavy atom. The van der Waals surface area contributed by atoms with Gasteiger partial charge in [0.1, 0.15) is 10.6 Å². The van der Waals surface area contributed by atoms with Crippen molar-refractivity contribution in [1.29, 1.82) is 0 Å². The number of benzene rings is 1. The van der Waals surface area contributed by atoms with Gasteiger partial charge in [0.15, 0.2) is 0 Å². The molecular formula is C11H12BrFO2. The normalized spacial score (nSPS) is 12.2. The zero-order chi connectivity index (χ0) is 11.3. The van der Waals surface area contributed by atoms with Gasteiger partial charge in [-0.05, 0) is 25.0 Å². The molecule has 1 aromatic carbocycles. The van der Waals surface area contributed by atoms with Crippen LogP contribution in [-0.4, -0.2) is 17.4 Å². The lowest BCUT2D eigenvalue weighted by Gasteiger charge is -2.09. The summed E-state index contributed by atoms with van der Waals surface area (Å²) in [5, 5.41) is 0. The van der Waals surface area contributed by atoms with Gasteiger partial charge in [0.2, 0.25) is 0 Å². The highest BCUT2D eigenvalue weighted by molar-refractivity contribution is 9.10. The molecule has 15 heavy (non-hydrogen) atoms. The Morgan fingerprint density at radius 1 is 1.53 bits per heavy atom. The van der Waals surface area contributed by atoms with E-state index in [9.17, 15) is 9.18 Å². The molecule has 0 N–H and O–H groups in total. The number of hydrogen-bond acceptors (Lipinski definition) is 2. The van der Waals surface area contributed by atoms with Crippen molar-refractivity contribution in [2.45, 2.75) is 18.2 Å². The molecule has 0 bridgehead atoms. The Hall–Kier alpha value is -0.900. The molecule has 1 unspecified atom stereocenters. The number of carbonyl (C=O) groups is 1. The van der Waals surface area contributed by atoms with E-state index in [4.69, 9.17) is 4.74 Å². The summed E-state index contributed by atoms with van der Waals surface area (Å²) in [6.07, 6.45) is 0.297. The average Bonchev–Trinajstić information content (AvgIpc) is 2.21. The molecule has 0 aliphatic carbocycles. The molecule has 0 saturated carbocycles. The number of hydrogen-bond donors (Lipinski definition) is 0. The molecule has 0 radical (unpaired) electrons. The summed E-state index contributed by atoms with van der Waals surface area (Å²) in [5.41, 5.74) is 0.507. The standard InChI is InChI=1S/C11H12BrFO2/c1-2-15-11(14)9(12)7-8-5-3-4-6-10(8)13/h3-6,9H,2,7H2,1H3. The summed E-state index contributed by atoms with van der Waals surface area (Å²) in [6, 6.07) is 6.39. The number of ether oxygens (including phenoxy) is 1. The largest absolute Gasteiger partial charge is 0.465 e. The van der Waals surface area contributed by atoms with Gasteiger partial charge in [-0.3, -0.25) is 4.79 Å². The van der Waals surface area contributed by atoms with E-state index in [1.165, 1.54) is 6.07 Å². The maximum Gasteiger partial charge on any atom is 0.320 e. The quantitative estimate of drug-likeness (QED) is 0.623. The topological polar surface area (TPSA) is 26.3 Å². The third-order valence-corrected chi connectivity index (χ3v) is 2.60. The Labute approximate surface area is 96.6 Å². The highest BCUT2D eigenvalue weighted by Gasteiger charge is 2.17. The van der Waals surface area contributed by atoms with Gasteiger partial charge in [0.25, 0.3) is 0 Å². The summed E-state index contributed by atoms with van der Waals surface area (Å²) in [4.78, 5) is 10.8. The molecule has 0 spiro atoms. The third-order valence-electron chi connectivity index (χ3n) is 1.90. The minimum Gasteiger partial charge on any atom is -0.465 e. The first-order valence-electron chi connectivity index (χ1n) is 4.69. The van der Waals surface area contributed by atoms with Crippen molar-refractivity contribution in [2.24, 2.45) is 0 Å². The van der Waals surface area contributed by atoms with E-state index in [1.54, 1.807) is 25.1 Å². The van der Waals surface area contributed by atoms with E-state index in [0.29, 0.717) is 18.6 Å². The van der Waals surface area contributed by atoms with Crippen LogP contribution in [0.15, 0.2) is 24.3 Å². The molecule has 0 saturated heterocycles. The van der Waals surface area contributed by atoms with Crippen molar-refractivity contribution < 1.29 is 13.9 Å². The average molecular weight is 275 g/mol. The van der Waals surface area contributed by atoms with Gasteiger partial charge in [-0.2, -0.15) is 0 Å². The summed E-state index contributed by atoms with van der Waals surface area (Å²) >= 11 is 3.17. The predicted octanol–water partition coefficient (Wildman–Crippen LogP) is 2.69. The van der Waals surface area contributed by atoms with Gasteiger partial charge >= 0.3 is 5.97 Å². The molecule has 0 amide bonds. The van der Waals surface area contributed by atoms with Crippen LogP contribution in [0.25, 0.3) is 0 Å². The van der Waals surface area contributed by atoms with Crippen molar-refractivity contribution in [2.75, 3.05) is 6.61 Å². The number of esters is 1. The van der Waals surface area contributed by atoms with Crippen LogP contribution in [0.5, 0.6) is 0 Å². The van der Waals surface area contributed by atoms with E-state index in [2.05, 4.69) is 15.9 Å². The first-order valence-corrected chi connectivity index (χ1v) is 5.60. The maximum atomic E-state index is 13.2. The second-order valence-corrected chi connectivity index (χ2v) is 4.12. The Morgan fingerprint density at radius 2 is 2.20 bits per heavy atom. The lowest BCUT2D eigenvalue weighted by molar-refractivity contribution is -0.142. The lowest BCUT2D eigenvalue weighted by atomic mass is 10.1. The van der Waals surface area contributed by atoms with Gasteiger partial charge in [0, 0.05) is 0 Å². The van der Waals surface area contributed by atoms with Crippen molar-refractivity contribution in [3.8, 4) is 0 Å². The minimum atomic E-state index is -0.491. The molecule has 1 atom stereocenters. The molecule has 1 aromatic rings. The second kappa shape index (κ2) is 5.85. The fraction of sp³-hybridized carbons (Fsp3) is 0.364. The molecule has 0 heterocycles. The summed E-state index contributed by atoms with van der Waals surface area (Å²) < 4.78 is 18.0. The fourth-order valence-electron chi connectivity index (χ4n) is 1.17. The monoisotopic (exact) mass is 274 g/mol. The van der Waals surface area contributed by atoms with Crippen LogP contribution in [0.3, 0.4) is 0 Å². The van der Waals surface area contributed by atoms with Crippen LogP contribution in [-0.2, 0) is 16.0 Å². The Balaban J connectivity index is 2.62. The number of alkyl halides is 1. The van der Waals surface area contributed by atoms with Crippen LogP contribution in [0.4, 0.5) is 4.39 Å². The zero-order valence-electron chi connectivity index (χ0n) is 8.37. The molecule has 0 aliphatic rings. The van der Waals surface area contributed by atoms with Gasteiger partial charge < -0.3 is 4.74 Å². The fourth-order valence-corrected chi connectivity index (χ4v) is 1.65. The van der Waals surface area contributed by atoms with Crippen LogP contribution < -0.4 is 0 Å². The molecule has 0 fully saturated rings. The Bertz CT molecular complexity index is 341. The summed E-state index contributed by atoms with van der Waals surface area (Å²) in [6.45, 7) is 2.07. The number of rotatable bonds is 4. The van der Waals surface area contributed by atoms with Gasteiger partial charge in [-0.15, -0.1) is 0 Å². The smallest absolute Gasteiger partial charge is 0.320 e. The van der Waals surface area contributed by atoms with Crippen molar-refractivity contribution in [1.82, 2.24) is 0 Å². The van der Waals surface area contributed by atoms with E-state index in [-0.39, 0.29) is 11.8 Å². The lowest BCUT2D eigenvalue weighted by Crippen LogP contribution is -2.20. The predicted molar refractivity (Wildman–Crippen MR) is 59.5 cm³/mol. The van der Waals surface area contributed by atoms with Crippen LogP contribution in [0.1, 0.15) is 12.5 Å². The molecule has 4 heteroatoms. The molecule has 0 aromatic heterocycles. The molecule has 2 nitrogen and oxygen atoms in total. The highest BCUT2D eigenvalue weighted by Crippen LogP contribution is 2.14. The SMILES string of the molecule is CCOC(=O)C(Br)Cc1ccccc1F. The van der Waals surface area contributed by atoms with E-state index >= 15 is 0 Å². The van der Waals surface area contributed by atoms with Gasteiger partial charge in [0.05, 0.1) is 6.61 Å². The molecule has 0 aliphatic heterocycles. The first-order chi connectivity index (χ1) is 7.15. The van der Waals surface area contributed by atoms with Crippen molar-refractivity contribution in [3.05, 3.63) is 35.6 Å². The highest BCUT2D eigenvalue weighted by atomic mass is 79.9. The summed E-state index contributed by atoms with van der Waals surface area (Å²) in [5.74, 6) is -0.660. The maximum absolute atomic E-state index is 13.2. The Kier molecular flexibility index (Phi) is 4.75. The van der Waals surface area contributed by atoms with Crippen LogP contribution >= 0.6 is 15.9 Å².